The first kappa shape index (κ1) is 14.7. The van der Waals surface area contributed by atoms with E-state index in [9.17, 15) is 9.59 Å². The molecular weight excluding hydrogens is 212 g/mol. The lowest BCUT2D eigenvalue weighted by molar-refractivity contribution is -0.146. The molecule has 0 fully saturated rings. The molecular formula is C10H20N2O4. The Morgan fingerprint density at radius 1 is 1.31 bits per heavy atom. The molecule has 0 spiro atoms. The molecule has 0 bridgehead atoms. The zero-order chi connectivity index (χ0) is 12.6. The van der Waals surface area contributed by atoms with Crippen LogP contribution in [0.25, 0.3) is 0 Å². The molecule has 3 N–H and O–H groups in total. The van der Waals surface area contributed by atoms with E-state index >= 15 is 0 Å². The minimum Gasteiger partial charge on any atom is -0.481 e. The number of carbonyl (C=O) groups is 2. The van der Waals surface area contributed by atoms with Crippen molar-refractivity contribution < 1.29 is 19.4 Å². The molecule has 0 aromatic heterocycles. The first-order valence-electron chi connectivity index (χ1n) is 5.23. The quantitative estimate of drug-likeness (QED) is 0.555. The molecule has 0 saturated heterocycles. The second kappa shape index (κ2) is 7.05. The van der Waals surface area contributed by atoms with Gasteiger partial charge in [0, 0.05) is 19.7 Å². The van der Waals surface area contributed by atoms with Crippen LogP contribution in [0.3, 0.4) is 0 Å². The summed E-state index contributed by atoms with van der Waals surface area (Å²) < 4.78 is 5.03. The van der Waals surface area contributed by atoms with E-state index in [1.807, 2.05) is 6.92 Å². The highest BCUT2D eigenvalue weighted by Gasteiger charge is 2.27. The number of carbonyl (C=O) groups excluding carboxylic acids is 1. The SMILES string of the molecule is CCOCCNC(=O)NCC(C)(C)C(=O)O. The van der Waals surface area contributed by atoms with Crippen LogP contribution in [-0.4, -0.2) is 43.4 Å². The third-order valence-corrected chi connectivity index (χ3v) is 2.01. The summed E-state index contributed by atoms with van der Waals surface area (Å²) >= 11 is 0. The Bertz CT molecular complexity index is 241. The molecule has 2 amide bonds. The fourth-order valence-corrected chi connectivity index (χ4v) is 0.820. The smallest absolute Gasteiger partial charge is 0.314 e. The van der Waals surface area contributed by atoms with Crippen LogP contribution in [0.5, 0.6) is 0 Å². The molecule has 0 aromatic carbocycles. The maximum Gasteiger partial charge on any atom is 0.314 e. The van der Waals surface area contributed by atoms with Gasteiger partial charge in [-0.2, -0.15) is 0 Å². The molecule has 6 heteroatoms. The third-order valence-electron chi connectivity index (χ3n) is 2.01. The lowest BCUT2D eigenvalue weighted by atomic mass is 9.94. The summed E-state index contributed by atoms with van der Waals surface area (Å²) in [6, 6.07) is -0.381. The maximum atomic E-state index is 11.2. The van der Waals surface area contributed by atoms with Crippen molar-refractivity contribution in [1.82, 2.24) is 10.6 Å². The summed E-state index contributed by atoms with van der Waals surface area (Å²) in [5, 5.41) is 13.9. The number of rotatable bonds is 7. The molecule has 0 rings (SSSR count). The minimum absolute atomic E-state index is 0.0861. The van der Waals surface area contributed by atoms with Crippen molar-refractivity contribution in [3.63, 3.8) is 0 Å². The average Bonchev–Trinajstić information content (AvgIpc) is 2.21. The molecule has 0 aliphatic heterocycles. The van der Waals surface area contributed by atoms with Crippen molar-refractivity contribution in [3.8, 4) is 0 Å². The molecule has 0 aliphatic carbocycles. The Morgan fingerprint density at radius 3 is 2.44 bits per heavy atom. The largest absolute Gasteiger partial charge is 0.481 e. The van der Waals surface area contributed by atoms with Gasteiger partial charge < -0.3 is 20.5 Å². The monoisotopic (exact) mass is 232 g/mol. The molecule has 0 saturated carbocycles. The van der Waals surface area contributed by atoms with Gasteiger partial charge in [-0.25, -0.2) is 4.79 Å². The van der Waals surface area contributed by atoms with Crippen LogP contribution in [0.15, 0.2) is 0 Å². The number of carboxylic acid groups (broad SMARTS) is 1. The topological polar surface area (TPSA) is 87.7 Å². The van der Waals surface area contributed by atoms with Gasteiger partial charge in [0.15, 0.2) is 0 Å². The van der Waals surface area contributed by atoms with E-state index < -0.39 is 11.4 Å². The van der Waals surface area contributed by atoms with Gasteiger partial charge in [0.25, 0.3) is 0 Å². The number of aliphatic carboxylic acids is 1. The van der Waals surface area contributed by atoms with E-state index in [-0.39, 0.29) is 12.6 Å². The van der Waals surface area contributed by atoms with E-state index in [4.69, 9.17) is 9.84 Å². The summed E-state index contributed by atoms with van der Waals surface area (Å²) in [6.07, 6.45) is 0. The Labute approximate surface area is 95.4 Å². The second-order valence-corrected chi connectivity index (χ2v) is 4.00. The van der Waals surface area contributed by atoms with E-state index in [1.54, 1.807) is 13.8 Å². The van der Waals surface area contributed by atoms with Crippen LogP contribution < -0.4 is 10.6 Å². The molecule has 0 heterocycles. The molecule has 94 valence electrons. The predicted molar refractivity (Wildman–Crippen MR) is 59.3 cm³/mol. The van der Waals surface area contributed by atoms with Crippen LogP contribution in [0.1, 0.15) is 20.8 Å². The zero-order valence-corrected chi connectivity index (χ0v) is 10.0. The van der Waals surface area contributed by atoms with Gasteiger partial charge >= 0.3 is 12.0 Å². The summed E-state index contributed by atoms with van der Waals surface area (Å²) in [5.41, 5.74) is -0.961. The first-order valence-corrected chi connectivity index (χ1v) is 5.23. The number of hydrogen-bond acceptors (Lipinski definition) is 3. The fraction of sp³-hybridized carbons (Fsp3) is 0.800. The molecule has 0 radical (unpaired) electrons. The molecule has 16 heavy (non-hydrogen) atoms. The maximum absolute atomic E-state index is 11.2. The lowest BCUT2D eigenvalue weighted by Crippen LogP contribution is -2.44. The van der Waals surface area contributed by atoms with Gasteiger partial charge in [-0.3, -0.25) is 4.79 Å². The van der Waals surface area contributed by atoms with Crippen LogP contribution in [-0.2, 0) is 9.53 Å². The van der Waals surface area contributed by atoms with Gasteiger partial charge in [0.1, 0.15) is 0 Å². The van der Waals surface area contributed by atoms with Crippen LogP contribution in [0.2, 0.25) is 0 Å². The van der Waals surface area contributed by atoms with Gasteiger partial charge in [-0.15, -0.1) is 0 Å². The van der Waals surface area contributed by atoms with Gasteiger partial charge in [0.2, 0.25) is 0 Å². The van der Waals surface area contributed by atoms with Crippen LogP contribution in [0.4, 0.5) is 4.79 Å². The Kier molecular flexibility index (Phi) is 6.48. The molecule has 6 nitrogen and oxygen atoms in total. The number of nitrogens with one attached hydrogen (secondary N) is 2. The number of carboxylic acids is 1. The summed E-state index contributed by atoms with van der Waals surface area (Å²) in [5.74, 6) is -0.942. The van der Waals surface area contributed by atoms with Gasteiger partial charge in [-0.05, 0) is 20.8 Å². The zero-order valence-electron chi connectivity index (χ0n) is 10.0. The van der Waals surface area contributed by atoms with Crippen molar-refractivity contribution in [1.29, 1.82) is 0 Å². The molecule has 0 unspecified atom stereocenters. The van der Waals surface area contributed by atoms with Crippen LogP contribution >= 0.6 is 0 Å². The molecule has 0 atom stereocenters. The van der Waals surface area contributed by atoms with Crippen molar-refractivity contribution in [2.45, 2.75) is 20.8 Å². The number of urea groups is 1. The van der Waals surface area contributed by atoms with Crippen molar-refractivity contribution in [3.05, 3.63) is 0 Å². The number of ether oxygens (including phenoxy) is 1. The van der Waals surface area contributed by atoms with E-state index in [0.717, 1.165) is 0 Å². The number of hydrogen-bond donors (Lipinski definition) is 3. The highest BCUT2D eigenvalue weighted by atomic mass is 16.5. The summed E-state index contributed by atoms with van der Waals surface area (Å²) in [4.78, 5) is 21.9. The molecule has 0 aromatic rings. The summed E-state index contributed by atoms with van der Waals surface area (Å²) in [7, 11) is 0. The fourth-order valence-electron chi connectivity index (χ4n) is 0.820. The standard InChI is InChI=1S/C10H20N2O4/c1-4-16-6-5-11-9(15)12-7-10(2,3)8(13)14/h4-7H2,1-3H3,(H,13,14)(H2,11,12,15). The highest BCUT2D eigenvalue weighted by Crippen LogP contribution is 2.12. The normalized spacial score (nSPS) is 10.9. The summed E-state index contributed by atoms with van der Waals surface area (Å²) in [6.45, 7) is 6.53. The second-order valence-electron chi connectivity index (χ2n) is 4.00. The Morgan fingerprint density at radius 2 is 1.94 bits per heavy atom. The average molecular weight is 232 g/mol. The number of amides is 2. The van der Waals surface area contributed by atoms with E-state index in [0.29, 0.717) is 19.8 Å². The van der Waals surface area contributed by atoms with Crippen molar-refractivity contribution in [2.24, 2.45) is 5.41 Å². The predicted octanol–water partition coefficient (Wildman–Crippen LogP) is 0.433. The van der Waals surface area contributed by atoms with Gasteiger partial charge in [0.05, 0.1) is 12.0 Å². The van der Waals surface area contributed by atoms with Crippen LogP contribution in [0, 0.1) is 5.41 Å². The van der Waals surface area contributed by atoms with Crippen molar-refractivity contribution in [2.75, 3.05) is 26.3 Å². The van der Waals surface area contributed by atoms with Gasteiger partial charge in [-0.1, -0.05) is 0 Å². The Hall–Kier alpha value is -1.30. The highest BCUT2D eigenvalue weighted by molar-refractivity contribution is 5.77. The first-order chi connectivity index (χ1) is 7.40. The van der Waals surface area contributed by atoms with E-state index in [2.05, 4.69) is 10.6 Å². The Balaban J connectivity index is 3.69. The third kappa shape index (κ3) is 6.23. The minimum atomic E-state index is -0.961. The van der Waals surface area contributed by atoms with Crippen molar-refractivity contribution >= 4 is 12.0 Å². The lowest BCUT2D eigenvalue weighted by Gasteiger charge is -2.19. The molecule has 0 aliphatic rings. The van der Waals surface area contributed by atoms with E-state index in [1.165, 1.54) is 0 Å².